The lowest BCUT2D eigenvalue weighted by Gasteiger charge is -2.18. The van der Waals surface area contributed by atoms with Crippen molar-refractivity contribution in [3.63, 3.8) is 0 Å². The first-order chi connectivity index (χ1) is 11.7. The number of hydrogen-bond donors (Lipinski definition) is 1. The average molecular weight is 340 g/mol. The number of nitriles is 1. The molecule has 0 radical (unpaired) electrons. The van der Waals surface area contributed by atoms with Crippen LogP contribution in [0.2, 0.25) is 0 Å². The number of carbonyl (C=O) groups excluding carboxylic acids is 1. The molecule has 128 valence electrons. The van der Waals surface area contributed by atoms with Crippen molar-refractivity contribution >= 4 is 17.7 Å². The monoisotopic (exact) mass is 340 g/mol. The van der Waals surface area contributed by atoms with E-state index in [1.54, 1.807) is 6.07 Å². The van der Waals surface area contributed by atoms with E-state index in [2.05, 4.69) is 26.1 Å². The minimum absolute atomic E-state index is 0.00219. The molecule has 0 fully saturated rings. The second kappa shape index (κ2) is 7.27. The lowest BCUT2D eigenvalue weighted by atomic mass is 9.86. The highest BCUT2D eigenvalue weighted by Gasteiger charge is 2.14. The normalized spacial score (nSPS) is 11.8. The summed E-state index contributed by atoms with van der Waals surface area (Å²) >= 11 is 0. The Labute approximate surface area is 145 Å². The third-order valence-corrected chi connectivity index (χ3v) is 3.63. The highest BCUT2D eigenvalue weighted by atomic mass is 19.1. The third kappa shape index (κ3) is 4.74. The largest absolute Gasteiger partial charge is 0.319 e. The lowest BCUT2D eigenvalue weighted by Crippen LogP contribution is -2.14. The van der Waals surface area contributed by atoms with Crippen LogP contribution in [0.3, 0.4) is 0 Å². The predicted octanol–water partition coefficient (Wildman–Crippen LogP) is 4.81. The van der Waals surface area contributed by atoms with Gasteiger partial charge in [-0.15, -0.1) is 0 Å². The molecule has 0 saturated carbocycles. The number of rotatable bonds is 3. The zero-order chi connectivity index (χ0) is 18.6. The van der Waals surface area contributed by atoms with E-state index in [0.29, 0.717) is 11.6 Å². The van der Waals surface area contributed by atoms with Crippen LogP contribution in [0.5, 0.6) is 0 Å². The Morgan fingerprint density at radius 3 is 2.28 bits per heavy atom. The molecule has 1 N–H and O–H groups in total. The molecule has 3 nitrogen and oxygen atoms in total. The molecule has 0 aliphatic rings. The van der Waals surface area contributed by atoms with E-state index in [-0.39, 0.29) is 16.7 Å². The zero-order valence-electron chi connectivity index (χ0n) is 14.2. The quantitative estimate of drug-likeness (QED) is 0.644. The molecule has 2 rings (SSSR count). The number of halogens is 2. The van der Waals surface area contributed by atoms with Crippen LogP contribution in [0.4, 0.5) is 14.5 Å². The van der Waals surface area contributed by atoms with E-state index in [1.807, 2.05) is 24.3 Å². The fraction of sp³-hybridized carbons (Fsp3) is 0.200. The first kappa shape index (κ1) is 18.3. The van der Waals surface area contributed by atoms with E-state index in [4.69, 9.17) is 0 Å². The third-order valence-electron chi connectivity index (χ3n) is 3.63. The Morgan fingerprint density at radius 1 is 1.12 bits per heavy atom. The molecule has 2 aromatic carbocycles. The molecule has 0 bridgehead atoms. The van der Waals surface area contributed by atoms with Gasteiger partial charge in [0.05, 0.1) is 5.69 Å². The molecule has 5 heteroatoms. The molecule has 0 heterocycles. The van der Waals surface area contributed by atoms with Gasteiger partial charge < -0.3 is 5.32 Å². The summed E-state index contributed by atoms with van der Waals surface area (Å²) < 4.78 is 26.5. The minimum atomic E-state index is -0.903. The smallest absolute Gasteiger partial charge is 0.266 e. The second-order valence-electron chi connectivity index (χ2n) is 6.62. The van der Waals surface area contributed by atoms with Gasteiger partial charge in [0, 0.05) is 6.07 Å². The molecule has 0 aliphatic carbocycles. The summed E-state index contributed by atoms with van der Waals surface area (Å²) in [5.41, 5.74) is 1.45. The fourth-order valence-electron chi connectivity index (χ4n) is 2.18. The van der Waals surface area contributed by atoms with Gasteiger partial charge in [-0.1, -0.05) is 45.0 Å². The van der Waals surface area contributed by atoms with Crippen molar-refractivity contribution in [2.24, 2.45) is 0 Å². The Morgan fingerprint density at radius 2 is 1.76 bits per heavy atom. The van der Waals surface area contributed by atoms with Crippen molar-refractivity contribution < 1.29 is 13.6 Å². The van der Waals surface area contributed by atoms with Crippen LogP contribution in [-0.4, -0.2) is 5.91 Å². The molecule has 0 unspecified atom stereocenters. The molecule has 2 aromatic rings. The SMILES string of the molecule is CC(C)(C)c1ccc(/C=C(\C#N)C(=O)Nc2ccc(F)cc2F)cc1. The Balaban J connectivity index is 2.22. The van der Waals surface area contributed by atoms with Crippen LogP contribution in [-0.2, 0) is 10.2 Å². The summed E-state index contributed by atoms with van der Waals surface area (Å²) in [4.78, 5) is 12.1. The fourth-order valence-corrected chi connectivity index (χ4v) is 2.18. The Hall–Kier alpha value is -3.00. The van der Waals surface area contributed by atoms with Gasteiger partial charge in [-0.05, 0) is 34.8 Å². The molecule has 0 aliphatic heterocycles. The van der Waals surface area contributed by atoms with E-state index in [1.165, 1.54) is 6.08 Å². The van der Waals surface area contributed by atoms with Gasteiger partial charge in [-0.2, -0.15) is 5.26 Å². The summed E-state index contributed by atoms with van der Waals surface area (Å²) in [6.45, 7) is 6.26. The van der Waals surface area contributed by atoms with Crippen LogP contribution in [0.1, 0.15) is 31.9 Å². The van der Waals surface area contributed by atoms with Crippen molar-refractivity contribution in [2.75, 3.05) is 5.32 Å². The maximum atomic E-state index is 13.6. The molecule has 0 atom stereocenters. The van der Waals surface area contributed by atoms with E-state index >= 15 is 0 Å². The molecular weight excluding hydrogens is 322 g/mol. The number of carbonyl (C=O) groups is 1. The number of benzene rings is 2. The van der Waals surface area contributed by atoms with Crippen molar-refractivity contribution in [1.82, 2.24) is 0 Å². The van der Waals surface area contributed by atoms with Gasteiger partial charge in [0.2, 0.25) is 0 Å². The van der Waals surface area contributed by atoms with Crippen molar-refractivity contribution in [3.05, 3.63) is 70.8 Å². The number of amides is 1. The van der Waals surface area contributed by atoms with Gasteiger partial charge >= 0.3 is 0 Å². The summed E-state index contributed by atoms with van der Waals surface area (Å²) in [5, 5.41) is 11.5. The van der Waals surface area contributed by atoms with Crippen LogP contribution in [0, 0.1) is 23.0 Å². The highest BCUT2D eigenvalue weighted by molar-refractivity contribution is 6.09. The summed E-state index contributed by atoms with van der Waals surface area (Å²) in [7, 11) is 0. The van der Waals surface area contributed by atoms with Crippen molar-refractivity contribution in [1.29, 1.82) is 5.26 Å². The lowest BCUT2D eigenvalue weighted by molar-refractivity contribution is -0.112. The Kier molecular flexibility index (Phi) is 5.33. The van der Waals surface area contributed by atoms with Crippen LogP contribution in [0.15, 0.2) is 48.0 Å². The van der Waals surface area contributed by atoms with E-state index in [9.17, 15) is 18.8 Å². The molecular formula is C20H18F2N2O. The molecule has 0 spiro atoms. The van der Waals surface area contributed by atoms with Crippen LogP contribution < -0.4 is 5.32 Å². The van der Waals surface area contributed by atoms with Crippen LogP contribution in [0.25, 0.3) is 6.08 Å². The molecule has 0 saturated heterocycles. The minimum Gasteiger partial charge on any atom is -0.319 e. The molecule has 25 heavy (non-hydrogen) atoms. The standard InChI is InChI=1S/C20H18F2N2O/c1-20(2,3)15-6-4-13(5-7-15)10-14(12-23)19(25)24-18-9-8-16(21)11-17(18)22/h4-11H,1-3H3,(H,24,25)/b14-10+. The maximum Gasteiger partial charge on any atom is 0.266 e. The van der Waals surface area contributed by atoms with Gasteiger partial charge in [0.25, 0.3) is 5.91 Å². The predicted molar refractivity (Wildman–Crippen MR) is 93.7 cm³/mol. The van der Waals surface area contributed by atoms with Gasteiger partial charge in [-0.3, -0.25) is 4.79 Å². The molecule has 1 amide bonds. The molecule has 0 aromatic heterocycles. The average Bonchev–Trinajstić information content (AvgIpc) is 2.54. The summed E-state index contributed by atoms with van der Waals surface area (Å²) in [6, 6.07) is 12.1. The second-order valence-corrected chi connectivity index (χ2v) is 6.62. The maximum absolute atomic E-state index is 13.6. The first-order valence-electron chi connectivity index (χ1n) is 7.69. The van der Waals surface area contributed by atoms with Crippen LogP contribution >= 0.6 is 0 Å². The summed E-state index contributed by atoms with van der Waals surface area (Å²) in [6.07, 6.45) is 1.42. The van der Waals surface area contributed by atoms with Gasteiger partial charge in [0.15, 0.2) is 0 Å². The topological polar surface area (TPSA) is 52.9 Å². The first-order valence-corrected chi connectivity index (χ1v) is 7.69. The number of anilines is 1. The van der Waals surface area contributed by atoms with E-state index in [0.717, 1.165) is 17.7 Å². The van der Waals surface area contributed by atoms with Gasteiger partial charge in [0.1, 0.15) is 23.3 Å². The number of hydrogen-bond acceptors (Lipinski definition) is 2. The van der Waals surface area contributed by atoms with E-state index < -0.39 is 17.5 Å². The zero-order valence-corrected chi connectivity index (χ0v) is 14.2. The Bertz CT molecular complexity index is 857. The number of nitrogens with zero attached hydrogens (tertiary/aromatic N) is 1. The van der Waals surface area contributed by atoms with Crippen molar-refractivity contribution in [2.45, 2.75) is 26.2 Å². The highest BCUT2D eigenvalue weighted by Crippen LogP contribution is 2.23. The number of nitrogens with one attached hydrogen (secondary N) is 1. The summed E-state index contributed by atoms with van der Waals surface area (Å²) in [5.74, 6) is -2.40. The van der Waals surface area contributed by atoms with Gasteiger partial charge in [-0.25, -0.2) is 8.78 Å². The van der Waals surface area contributed by atoms with Crippen molar-refractivity contribution in [3.8, 4) is 6.07 Å².